The Kier molecular flexibility index (Phi) is 6.73. The molecule has 1 aromatic carbocycles. The van der Waals surface area contributed by atoms with Crippen molar-refractivity contribution in [2.24, 2.45) is 0 Å². The van der Waals surface area contributed by atoms with Gasteiger partial charge in [0.15, 0.2) is 0 Å². The van der Waals surface area contributed by atoms with Crippen LogP contribution in [0.15, 0.2) is 18.2 Å². The molecular formula is C23H35N3O3. The lowest BCUT2D eigenvalue weighted by molar-refractivity contribution is -0.117. The van der Waals surface area contributed by atoms with Crippen LogP contribution in [0.1, 0.15) is 50.5 Å². The zero-order valence-electron chi connectivity index (χ0n) is 17.6. The largest absolute Gasteiger partial charge is 0.490 e. The first-order valence-corrected chi connectivity index (χ1v) is 11.3. The molecule has 4 rings (SSSR count). The van der Waals surface area contributed by atoms with Gasteiger partial charge in [0.05, 0.1) is 12.6 Å². The number of likely N-dealkylation sites (tertiary alicyclic amines) is 2. The minimum absolute atomic E-state index is 0.00141. The quantitative estimate of drug-likeness (QED) is 0.767. The van der Waals surface area contributed by atoms with E-state index in [0.29, 0.717) is 12.6 Å². The van der Waals surface area contributed by atoms with Gasteiger partial charge in [-0.05, 0) is 69.2 Å². The van der Waals surface area contributed by atoms with Gasteiger partial charge in [-0.25, -0.2) is 0 Å². The lowest BCUT2D eigenvalue weighted by Gasteiger charge is -2.41. The number of anilines is 1. The maximum absolute atomic E-state index is 12.4. The van der Waals surface area contributed by atoms with Crippen molar-refractivity contribution in [3.05, 3.63) is 23.8 Å². The molecule has 0 bridgehead atoms. The van der Waals surface area contributed by atoms with E-state index in [1.165, 1.54) is 19.3 Å². The van der Waals surface area contributed by atoms with Crippen LogP contribution in [0, 0.1) is 6.92 Å². The molecule has 6 nitrogen and oxygen atoms in total. The first-order chi connectivity index (χ1) is 14.1. The van der Waals surface area contributed by atoms with Crippen LogP contribution < -0.4 is 10.1 Å². The molecule has 3 fully saturated rings. The summed E-state index contributed by atoms with van der Waals surface area (Å²) >= 11 is 0. The minimum Gasteiger partial charge on any atom is -0.490 e. The van der Waals surface area contributed by atoms with Crippen molar-refractivity contribution in [3.8, 4) is 5.75 Å². The Morgan fingerprint density at radius 2 is 1.83 bits per heavy atom. The predicted molar refractivity (Wildman–Crippen MR) is 114 cm³/mol. The van der Waals surface area contributed by atoms with Gasteiger partial charge in [0.2, 0.25) is 5.91 Å². The van der Waals surface area contributed by atoms with Crippen molar-refractivity contribution in [1.29, 1.82) is 0 Å². The molecule has 2 saturated heterocycles. The van der Waals surface area contributed by atoms with Gasteiger partial charge in [0.25, 0.3) is 0 Å². The number of carbonyl (C=O) groups excluding carboxylic acids is 1. The molecule has 160 valence electrons. The van der Waals surface area contributed by atoms with Crippen molar-refractivity contribution in [2.75, 3.05) is 38.0 Å². The second kappa shape index (κ2) is 9.45. The molecule has 29 heavy (non-hydrogen) atoms. The minimum atomic E-state index is -0.213. The van der Waals surface area contributed by atoms with E-state index in [9.17, 15) is 9.90 Å². The fourth-order valence-electron chi connectivity index (χ4n) is 4.62. The first-order valence-electron chi connectivity index (χ1n) is 11.3. The molecule has 2 aliphatic heterocycles. The second-order valence-electron chi connectivity index (χ2n) is 8.97. The van der Waals surface area contributed by atoms with E-state index < -0.39 is 0 Å². The van der Waals surface area contributed by atoms with E-state index in [1.807, 2.05) is 25.1 Å². The fourth-order valence-corrected chi connectivity index (χ4v) is 4.62. The molecule has 2 heterocycles. The Hall–Kier alpha value is -1.63. The number of aliphatic hydroxyl groups excluding tert-OH is 1. The molecule has 1 amide bonds. The third kappa shape index (κ3) is 5.50. The predicted octanol–water partition coefficient (Wildman–Crippen LogP) is 2.79. The number of aliphatic hydroxyl groups is 1. The number of nitrogens with zero attached hydrogens (tertiary/aromatic N) is 2. The number of piperidine rings is 2. The molecule has 2 N–H and O–H groups in total. The van der Waals surface area contributed by atoms with Crippen molar-refractivity contribution < 1.29 is 14.6 Å². The molecule has 0 atom stereocenters. The summed E-state index contributed by atoms with van der Waals surface area (Å²) < 4.78 is 6.24. The average Bonchev–Trinajstić information content (AvgIpc) is 2.66. The summed E-state index contributed by atoms with van der Waals surface area (Å²) in [5.41, 5.74) is 1.87. The van der Waals surface area contributed by atoms with Crippen LogP contribution in [0.4, 0.5) is 5.69 Å². The number of benzene rings is 1. The van der Waals surface area contributed by atoms with E-state index in [4.69, 9.17) is 4.74 Å². The highest BCUT2D eigenvalue weighted by atomic mass is 16.5. The highest BCUT2D eigenvalue weighted by molar-refractivity contribution is 5.93. The third-order valence-electron chi connectivity index (χ3n) is 6.77. The molecule has 1 aromatic rings. The Bertz CT molecular complexity index is 691. The molecule has 1 aliphatic carbocycles. The standard InChI is InChI=1S/C23H35N3O3/c1-17-15-21(29-20-9-13-26(14-10-20)18-3-2-4-18)5-6-22(17)24-23(28)16-25-11-7-19(27)8-12-25/h5-6,15,18-20,27H,2-4,7-14,16H2,1H3,(H,24,28). The number of amides is 1. The highest BCUT2D eigenvalue weighted by Crippen LogP contribution is 2.29. The number of carbonyl (C=O) groups is 1. The van der Waals surface area contributed by atoms with Gasteiger partial charge in [-0.15, -0.1) is 0 Å². The van der Waals surface area contributed by atoms with E-state index in [1.54, 1.807) is 0 Å². The Balaban J connectivity index is 1.24. The third-order valence-corrected chi connectivity index (χ3v) is 6.77. The topological polar surface area (TPSA) is 65.0 Å². The summed E-state index contributed by atoms with van der Waals surface area (Å²) in [5, 5.41) is 12.6. The van der Waals surface area contributed by atoms with Crippen LogP contribution in [-0.4, -0.2) is 71.8 Å². The van der Waals surface area contributed by atoms with Crippen LogP contribution in [0.25, 0.3) is 0 Å². The van der Waals surface area contributed by atoms with E-state index in [0.717, 1.165) is 74.9 Å². The van der Waals surface area contributed by atoms with Crippen LogP contribution in [0.2, 0.25) is 0 Å². The van der Waals surface area contributed by atoms with Crippen LogP contribution in [0.3, 0.4) is 0 Å². The van der Waals surface area contributed by atoms with Gasteiger partial charge in [0.1, 0.15) is 11.9 Å². The van der Waals surface area contributed by atoms with Gasteiger partial charge in [-0.2, -0.15) is 0 Å². The number of rotatable bonds is 6. The highest BCUT2D eigenvalue weighted by Gasteiger charge is 2.29. The summed E-state index contributed by atoms with van der Waals surface area (Å²) in [7, 11) is 0. The lowest BCUT2D eigenvalue weighted by atomic mass is 9.90. The summed E-state index contributed by atoms with van der Waals surface area (Å²) in [5.74, 6) is 0.897. The molecule has 6 heteroatoms. The second-order valence-corrected chi connectivity index (χ2v) is 8.97. The summed E-state index contributed by atoms with van der Waals surface area (Å²) in [4.78, 5) is 17.1. The number of nitrogens with one attached hydrogen (secondary N) is 1. The first kappa shape index (κ1) is 20.6. The van der Waals surface area contributed by atoms with Crippen LogP contribution in [0.5, 0.6) is 5.75 Å². The van der Waals surface area contributed by atoms with Crippen molar-refractivity contribution in [1.82, 2.24) is 9.80 Å². The Morgan fingerprint density at radius 3 is 2.45 bits per heavy atom. The van der Waals surface area contributed by atoms with E-state index >= 15 is 0 Å². The Morgan fingerprint density at radius 1 is 1.10 bits per heavy atom. The molecule has 0 aromatic heterocycles. The average molecular weight is 402 g/mol. The van der Waals surface area contributed by atoms with Gasteiger partial charge < -0.3 is 20.1 Å². The van der Waals surface area contributed by atoms with E-state index in [-0.39, 0.29) is 12.0 Å². The monoisotopic (exact) mass is 401 g/mol. The SMILES string of the molecule is Cc1cc(OC2CCN(C3CCC3)CC2)ccc1NC(=O)CN1CCC(O)CC1. The van der Waals surface area contributed by atoms with Gasteiger partial charge >= 0.3 is 0 Å². The van der Waals surface area contributed by atoms with Gasteiger partial charge in [0, 0.05) is 37.9 Å². The molecule has 0 spiro atoms. The zero-order valence-corrected chi connectivity index (χ0v) is 17.6. The van der Waals surface area contributed by atoms with Gasteiger partial charge in [-0.3, -0.25) is 9.69 Å². The summed E-state index contributed by atoms with van der Waals surface area (Å²) in [6.45, 7) is 6.24. The molecule has 3 aliphatic rings. The normalized spacial score (nSPS) is 23.0. The Labute approximate surface area is 174 Å². The number of ether oxygens (including phenoxy) is 1. The van der Waals surface area contributed by atoms with Crippen molar-refractivity contribution in [3.63, 3.8) is 0 Å². The number of hydrogen-bond donors (Lipinski definition) is 2. The van der Waals surface area contributed by atoms with Crippen molar-refractivity contribution in [2.45, 2.75) is 70.1 Å². The lowest BCUT2D eigenvalue weighted by Crippen LogP contribution is -2.46. The fraction of sp³-hybridized carbons (Fsp3) is 0.696. The molecule has 1 saturated carbocycles. The van der Waals surface area contributed by atoms with Crippen molar-refractivity contribution >= 4 is 11.6 Å². The summed E-state index contributed by atoms with van der Waals surface area (Å²) in [6.07, 6.45) is 7.90. The number of hydrogen-bond acceptors (Lipinski definition) is 5. The van der Waals surface area contributed by atoms with Gasteiger partial charge in [-0.1, -0.05) is 6.42 Å². The molecule has 0 unspecified atom stereocenters. The summed E-state index contributed by atoms with van der Waals surface area (Å²) in [6, 6.07) is 6.78. The van der Waals surface area contributed by atoms with Crippen LogP contribution in [-0.2, 0) is 4.79 Å². The molecular weight excluding hydrogens is 366 g/mol. The smallest absolute Gasteiger partial charge is 0.238 e. The maximum atomic E-state index is 12.4. The van der Waals surface area contributed by atoms with E-state index in [2.05, 4.69) is 15.1 Å². The van der Waals surface area contributed by atoms with Crippen LogP contribution >= 0.6 is 0 Å². The molecule has 0 radical (unpaired) electrons. The maximum Gasteiger partial charge on any atom is 0.238 e. The zero-order chi connectivity index (χ0) is 20.2. The number of aryl methyl sites for hydroxylation is 1.